The Morgan fingerprint density at radius 3 is 2.71 bits per heavy atom. The second kappa shape index (κ2) is 9.82. The Morgan fingerprint density at radius 1 is 1.16 bits per heavy atom. The molecule has 3 aliphatic rings. The zero-order valence-corrected chi connectivity index (χ0v) is 21.1. The minimum absolute atomic E-state index is 0.168. The van der Waals surface area contributed by atoms with Crippen LogP contribution < -0.4 is 15.8 Å². The van der Waals surface area contributed by atoms with E-state index in [9.17, 15) is 14.3 Å². The highest BCUT2D eigenvalue weighted by molar-refractivity contribution is 5.96. The van der Waals surface area contributed by atoms with Crippen LogP contribution in [0.15, 0.2) is 108 Å². The molecule has 3 N–H and O–H groups in total. The van der Waals surface area contributed by atoms with E-state index in [1.165, 1.54) is 35.0 Å². The number of fused-ring (bicyclic) bond motifs is 1. The zero-order chi connectivity index (χ0) is 26.2. The molecule has 1 aliphatic heterocycles. The summed E-state index contributed by atoms with van der Waals surface area (Å²) in [5, 5.41) is 15.3. The van der Waals surface area contributed by atoms with Gasteiger partial charge in [-0.05, 0) is 78.8 Å². The Labute approximate surface area is 221 Å². The third-order valence-corrected chi connectivity index (χ3v) is 7.85. The summed E-state index contributed by atoms with van der Waals surface area (Å²) in [6.07, 6.45) is 8.49. The van der Waals surface area contributed by atoms with Crippen LogP contribution in [0.5, 0.6) is 5.88 Å². The first-order valence-corrected chi connectivity index (χ1v) is 13.0. The molecule has 6 nitrogen and oxygen atoms in total. The maximum absolute atomic E-state index is 13.5. The average molecular weight is 509 g/mol. The molecule has 1 unspecified atom stereocenters. The lowest BCUT2D eigenvalue weighted by Gasteiger charge is -2.31. The molecule has 0 fully saturated rings. The fourth-order valence-electron chi connectivity index (χ4n) is 6.02. The first kappa shape index (κ1) is 24.0. The van der Waals surface area contributed by atoms with E-state index >= 15 is 0 Å². The van der Waals surface area contributed by atoms with Crippen molar-refractivity contribution in [2.24, 2.45) is 11.8 Å². The highest BCUT2D eigenvalue weighted by atomic mass is 19.1. The minimum Gasteiger partial charge on any atom is -0.493 e. The molecule has 6 rings (SSSR count). The molecule has 1 amide bonds. The molecule has 0 radical (unpaired) electrons. The summed E-state index contributed by atoms with van der Waals surface area (Å²) in [4.78, 5) is 17.0. The molecule has 2 aliphatic carbocycles. The largest absolute Gasteiger partial charge is 0.493 e. The van der Waals surface area contributed by atoms with E-state index < -0.39 is 0 Å². The molecular weight excluding hydrogens is 479 g/mol. The van der Waals surface area contributed by atoms with Gasteiger partial charge in [0.2, 0.25) is 5.88 Å². The topological polar surface area (TPSA) is 77.5 Å². The molecule has 2 heterocycles. The monoisotopic (exact) mass is 508 g/mol. The summed E-state index contributed by atoms with van der Waals surface area (Å²) in [5.41, 5.74) is 10.5. The summed E-state index contributed by atoms with van der Waals surface area (Å²) < 4.78 is 13.5. The van der Waals surface area contributed by atoms with E-state index in [0.29, 0.717) is 5.92 Å². The van der Waals surface area contributed by atoms with E-state index in [4.69, 9.17) is 0 Å². The normalized spacial score (nSPS) is 20.7. The smallest absolute Gasteiger partial charge is 0.257 e. The predicted octanol–water partition coefficient (Wildman–Crippen LogP) is 5.94. The Hall–Kier alpha value is -4.39. The molecule has 0 spiro atoms. The third kappa shape index (κ3) is 4.34. The average Bonchev–Trinajstić information content (AvgIpc) is 3.54. The van der Waals surface area contributed by atoms with Gasteiger partial charge >= 0.3 is 0 Å². The second-order valence-corrected chi connectivity index (χ2v) is 10.1. The molecule has 0 saturated carbocycles. The van der Waals surface area contributed by atoms with E-state index in [-0.39, 0.29) is 35.1 Å². The molecule has 7 heteroatoms. The quantitative estimate of drug-likeness (QED) is 0.384. The number of carbonyl (C=O) groups excluding carboxylic acids is 1. The molecular formula is C31H29FN4O2. The van der Waals surface area contributed by atoms with Crippen LogP contribution in [0.2, 0.25) is 0 Å². The van der Waals surface area contributed by atoms with Gasteiger partial charge in [-0.15, -0.1) is 0 Å². The molecule has 1 aromatic heterocycles. The lowest BCUT2D eigenvalue weighted by molar-refractivity contribution is 0.0928. The highest BCUT2D eigenvalue weighted by Gasteiger charge is 2.39. The summed E-state index contributed by atoms with van der Waals surface area (Å²) in [7, 11) is 0. The predicted molar refractivity (Wildman–Crippen MR) is 144 cm³/mol. The number of aromatic hydroxyl groups is 1. The van der Waals surface area contributed by atoms with Crippen molar-refractivity contribution in [3.63, 3.8) is 0 Å². The van der Waals surface area contributed by atoms with Gasteiger partial charge in [-0.2, -0.15) is 0 Å². The number of nitrogens with one attached hydrogen (secondary N) is 2. The van der Waals surface area contributed by atoms with E-state index in [2.05, 4.69) is 28.7 Å². The van der Waals surface area contributed by atoms with Gasteiger partial charge in [-0.1, -0.05) is 42.8 Å². The number of pyridine rings is 1. The van der Waals surface area contributed by atoms with Crippen LogP contribution in [0.4, 0.5) is 10.1 Å². The van der Waals surface area contributed by atoms with E-state index in [1.54, 1.807) is 24.3 Å². The maximum atomic E-state index is 13.5. The number of benzene rings is 2. The molecule has 3 aromatic rings. The van der Waals surface area contributed by atoms with Crippen LogP contribution in [0, 0.1) is 17.7 Å². The maximum Gasteiger partial charge on any atom is 0.257 e. The number of hydrogen-bond acceptors (Lipinski definition) is 5. The van der Waals surface area contributed by atoms with Crippen LogP contribution in [0.3, 0.4) is 0 Å². The van der Waals surface area contributed by atoms with Gasteiger partial charge in [0.05, 0.1) is 17.4 Å². The van der Waals surface area contributed by atoms with Crippen molar-refractivity contribution in [2.75, 3.05) is 5.01 Å². The number of halogens is 1. The summed E-state index contributed by atoms with van der Waals surface area (Å²) in [6.45, 7) is 2.24. The number of anilines is 1. The summed E-state index contributed by atoms with van der Waals surface area (Å²) >= 11 is 0. The number of hydrazine groups is 1. The van der Waals surface area contributed by atoms with Crippen molar-refractivity contribution in [3.8, 4) is 5.88 Å². The fraction of sp³-hybridized carbons (Fsp3) is 0.226. The van der Waals surface area contributed by atoms with Crippen LogP contribution in [0.25, 0.3) is 0 Å². The molecule has 0 bridgehead atoms. The van der Waals surface area contributed by atoms with Gasteiger partial charge in [0.1, 0.15) is 11.4 Å². The van der Waals surface area contributed by atoms with Crippen molar-refractivity contribution in [1.29, 1.82) is 0 Å². The first-order chi connectivity index (χ1) is 18.5. The van der Waals surface area contributed by atoms with Crippen molar-refractivity contribution in [2.45, 2.75) is 32.2 Å². The molecule has 38 heavy (non-hydrogen) atoms. The first-order valence-electron chi connectivity index (χ1n) is 13.0. The standard InChI is InChI=1S/C31H29FN4O2/c1-19-26-18-34-36(24-13-11-23(32)12-14-24)28(26)17-22-10-9-21(29(19)22)16-27(20-6-3-2-4-7-20)35-31(38)25-8-5-15-33-30(25)37/h2-8,11-15,17-19,21,27,34H,9-10,16H2,1H3,(H,33,37)(H,35,38)/t19-,21+,27?/m0/s1. The number of nitrogens with zero attached hydrogens (tertiary/aromatic N) is 2. The van der Waals surface area contributed by atoms with Crippen LogP contribution in [-0.2, 0) is 0 Å². The van der Waals surface area contributed by atoms with Gasteiger partial charge in [-0.25, -0.2) is 9.37 Å². The van der Waals surface area contributed by atoms with Crippen LogP contribution in [-0.4, -0.2) is 16.0 Å². The van der Waals surface area contributed by atoms with Gasteiger partial charge in [0.25, 0.3) is 5.91 Å². The van der Waals surface area contributed by atoms with Crippen LogP contribution >= 0.6 is 0 Å². The van der Waals surface area contributed by atoms with Gasteiger partial charge in [0, 0.05) is 23.9 Å². The highest BCUT2D eigenvalue weighted by Crippen LogP contribution is 2.49. The van der Waals surface area contributed by atoms with Gasteiger partial charge in [-0.3, -0.25) is 9.80 Å². The lowest BCUT2D eigenvalue weighted by atomic mass is 9.78. The molecule has 3 atom stereocenters. The number of rotatable bonds is 6. The number of hydrogen-bond donors (Lipinski definition) is 3. The Kier molecular flexibility index (Phi) is 6.19. The zero-order valence-electron chi connectivity index (χ0n) is 21.1. The fourth-order valence-corrected chi connectivity index (χ4v) is 6.02. The van der Waals surface area contributed by atoms with E-state index in [0.717, 1.165) is 36.2 Å². The number of amides is 1. The summed E-state index contributed by atoms with van der Waals surface area (Å²) in [6, 6.07) is 19.5. The lowest BCUT2D eigenvalue weighted by Crippen LogP contribution is -2.31. The van der Waals surface area contributed by atoms with Crippen molar-refractivity contribution in [1.82, 2.24) is 15.7 Å². The molecule has 192 valence electrons. The SMILES string of the molecule is C[C@H]1C2=CNN(c3ccc(F)cc3)C2=CC2=C1[C@@H](CC(NC(=O)c1cccnc1O)c1ccccc1)CC2. The Balaban J connectivity index is 1.28. The number of aromatic nitrogens is 1. The van der Waals surface area contributed by atoms with Gasteiger partial charge in [0.15, 0.2) is 0 Å². The van der Waals surface area contributed by atoms with E-state index in [1.807, 2.05) is 41.5 Å². The third-order valence-electron chi connectivity index (χ3n) is 7.85. The van der Waals surface area contributed by atoms with Gasteiger partial charge < -0.3 is 15.8 Å². The second-order valence-electron chi connectivity index (χ2n) is 10.1. The van der Waals surface area contributed by atoms with Crippen molar-refractivity contribution in [3.05, 3.63) is 125 Å². The minimum atomic E-state index is -0.340. The number of allylic oxidation sites excluding steroid dienone is 4. The Bertz CT molecular complexity index is 1460. The molecule has 2 aromatic carbocycles. The molecule has 0 saturated heterocycles. The van der Waals surface area contributed by atoms with Crippen LogP contribution in [0.1, 0.15) is 48.1 Å². The summed E-state index contributed by atoms with van der Waals surface area (Å²) in [5.74, 6) is -0.355. The van der Waals surface area contributed by atoms with Crippen molar-refractivity contribution >= 4 is 11.6 Å². The Morgan fingerprint density at radius 2 is 1.95 bits per heavy atom. The van der Waals surface area contributed by atoms with Crippen molar-refractivity contribution < 1.29 is 14.3 Å². The number of carbonyl (C=O) groups is 1.